The quantitative estimate of drug-likeness (QED) is 0.325. The van der Waals surface area contributed by atoms with E-state index in [9.17, 15) is 9.59 Å². The fourth-order valence-corrected chi connectivity index (χ4v) is 5.38. The Morgan fingerprint density at radius 2 is 1.90 bits per heavy atom. The van der Waals surface area contributed by atoms with Crippen molar-refractivity contribution < 1.29 is 9.59 Å². The molecule has 1 aromatic carbocycles. The highest BCUT2D eigenvalue weighted by molar-refractivity contribution is 7.16. The van der Waals surface area contributed by atoms with Gasteiger partial charge >= 0.3 is 0 Å². The van der Waals surface area contributed by atoms with Crippen LogP contribution < -0.4 is 10.6 Å². The van der Waals surface area contributed by atoms with E-state index in [1.165, 1.54) is 0 Å². The predicted octanol–water partition coefficient (Wildman–Crippen LogP) is 5.39. The van der Waals surface area contributed by atoms with Crippen molar-refractivity contribution in [3.63, 3.8) is 0 Å². The highest BCUT2D eigenvalue weighted by Gasteiger charge is 2.28. The van der Waals surface area contributed by atoms with Crippen molar-refractivity contribution in [2.24, 2.45) is 5.41 Å². The van der Waals surface area contributed by atoms with Gasteiger partial charge in [0.15, 0.2) is 5.82 Å². The number of carbonyl (C=O) groups excluding carboxylic acids is 2. The lowest BCUT2D eigenvalue weighted by Crippen LogP contribution is -2.46. The molecule has 1 fully saturated rings. The number of carbonyl (C=O) groups is 2. The molecule has 1 aliphatic heterocycles. The molecule has 1 aliphatic rings. The van der Waals surface area contributed by atoms with Crippen LogP contribution in [0.15, 0.2) is 48.1 Å². The predicted molar refractivity (Wildman–Crippen MR) is 154 cm³/mol. The minimum absolute atomic E-state index is 0.00961. The Morgan fingerprint density at radius 3 is 2.62 bits per heavy atom. The molecule has 0 spiro atoms. The van der Waals surface area contributed by atoms with Crippen LogP contribution in [0.3, 0.4) is 0 Å². The zero-order valence-corrected chi connectivity index (χ0v) is 24.0. The second-order valence-corrected chi connectivity index (χ2v) is 12.2. The molecule has 5 rings (SSSR count). The lowest BCUT2D eigenvalue weighted by Gasteiger charge is -2.32. The zero-order valence-electron chi connectivity index (χ0n) is 22.4. The highest BCUT2D eigenvalue weighted by Crippen LogP contribution is 2.28. The molecule has 0 bridgehead atoms. The van der Waals surface area contributed by atoms with Gasteiger partial charge in [0.2, 0.25) is 0 Å². The van der Waals surface area contributed by atoms with Crippen LogP contribution in [0, 0.1) is 5.41 Å². The zero-order chi connectivity index (χ0) is 27.7. The van der Waals surface area contributed by atoms with Crippen LogP contribution in [0.4, 0.5) is 5.82 Å². The lowest BCUT2D eigenvalue weighted by atomic mass is 9.88. The summed E-state index contributed by atoms with van der Waals surface area (Å²) in [5.74, 6) is 0.707. The number of nitrogens with zero attached hydrogens (tertiary/aromatic N) is 5. The minimum atomic E-state index is -0.199. The summed E-state index contributed by atoms with van der Waals surface area (Å²) in [6.07, 6.45) is 4.91. The maximum Gasteiger partial charge on any atom is 0.272 e. The first-order valence-corrected chi connectivity index (χ1v) is 14.3. The van der Waals surface area contributed by atoms with Gasteiger partial charge in [-0.1, -0.05) is 44.5 Å². The molecule has 2 amide bonds. The number of amides is 2. The molecule has 2 N–H and O–H groups in total. The van der Waals surface area contributed by atoms with E-state index in [1.807, 2.05) is 11.6 Å². The van der Waals surface area contributed by atoms with Gasteiger partial charge in [0.25, 0.3) is 11.8 Å². The average Bonchev–Trinajstić information content (AvgIpc) is 3.52. The Hall–Kier alpha value is -3.50. The summed E-state index contributed by atoms with van der Waals surface area (Å²) < 4.78 is 1.78. The molecule has 3 aromatic heterocycles. The van der Waals surface area contributed by atoms with Crippen molar-refractivity contribution in [1.29, 1.82) is 0 Å². The number of hydrogen-bond donors (Lipinski definition) is 2. The van der Waals surface area contributed by atoms with Crippen LogP contribution in [0.2, 0.25) is 5.02 Å². The third-order valence-electron chi connectivity index (χ3n) is 7.22. The van der Waals surface area contributed by atoms with Crippen LogP contribution >= 0.6 is 22.9 Å². The molecular formula is C28H32ClN7O2S. The summed E-state index contributed by atoms with van der Waals surface area (Å²) >= 11 is 7.73. The van der Waals surface area contributed by atoms with Crippen LogP contribution in [-0.4, -0.2) is 61.5 Å². The number of aromatic nitrogens is 4. The molecule has 204 valence electrons. The van der Waals surface area contributed by atoms with Gasteiger partial charge < -0.3 is 15.5 Å². The molecule has 4 aromatic rings. The van der Waals surface area contributed by atoms with Crippen LogP contribution in [-0.2, 0) is 0 Å². The van der Waals surface area contributed by atoms with Crippen molar-refractivity contribution in [1.82, 2.24) is 29.8 Å². The Kier molecular flexibility index (Phi) is 7.59. The molecule has 1 atom stereocenters. The van der Waals surface area contributed by atoms with Crippen LogP contribution in [0.5, 0.6) is 0 Å². The van der Waals surface area contributed by atoms with Gasteiger partial charge in [-0.2, -0.15) is 5.10 Å². The van der Waals surface area contributed by atoms with Gasteiger partial charge in [0, 0.05) is 42.8 Å². The van der Waals surface area contributed by atoms with Gasteiger partial charge in [-0.25, -0.2) is 14.5 Å². The summed E-state index contributed by atoms with van der Waals surface area (Å²) in [5, 5.41) is 13.3. The molecule has 11 heteroatoms. The van der Waals surface area contributed by atoms with Gasteiger partial charge in [0.05, 0.1) is 22.3 Å². The number of nitrogens with one attached hydrogen (secondary N) is 2. The van der Waals surface area contributed by atoms with Crippen LogP contribution in [0.25, 0.3) is 16.2 Å². The topological polar surface area (TPSA) is 105 Å². The van der Waals surface area contributed by atoms with E-state index in [4.69, 9.17) is 21.6 Å². The molecule has 0 aliphatic carbocycles. The van der Waals surface area contributed by atoms with E-state index >= 15 is 0 Å². The summed E-state index contributed by atoms with van der Waals surface area (Å²) in [4.78, 5) is 38.5. The van der Waals surface area contributed by atoms with E-state index < -0.39 is 0 Å². The normalized spacial score (nSPS) is 15.4. The number of anilines is 1. The lowest BCUT2D eigenvalue weighted by molar-refractivity contribution is 0.0692. The number of halogens is 1. The van der Waals surface area contributed by atoms with Crippen LogP contribution in [0.1, 0.15) is 61.4 Å². The highest BCUT2D eigenvalue weighted by atomic mass is 35.5. The van der Waals surface area contributed by atoms with Gasteiger partial charge in [-0.15, -0.1) is 11.3 Å². The van der Waals surface area contributed by atoms with Gasteiger partial charge in [-0.3, -0.25) is 9.59 Å². The Bertz CT molecular complexity index is 1500. The van der Waals surface area contributed by atoms with Gasteiger partial charge in [0.1, 0.15) is 16.3 Å². The third kappa shape index (κ3) is 5.91. The Morgan fingerprint density at radius 1 is 1.15 bits per heavy atom. The number of hydrogen-bond acceptors (Lipinski definition) is 7. The monoisotopic (exact) mass is 565 g/mol. The van der Waals surface area contributed by atoms with Crippen molar-refractivity contribution >= 4 is 45.4 Å². The summed E-state index contributed by atoms with van der Waals surface area (Å²) in [7, 11) is 0. The molecule has 4 heterocycles. The molecule has 0 radical (unpaired) electrons. The number of likely N-dealkylation sites (tertiary alicyclic amines) is 1. The first-order chi connectivity index (χ1) is 18.6. The van der Waals surface area contributed by atoms with E-state index in [0.717, 1.165) is 10.4 Å². The molecule has 0 saturated carbocycles. The minimum Gasteiger partial charge on any atom is -0.367 e. The molecule has 39 heavy (non-hydrogen) atoms. The number of thiazole rings is 1. The molecule has 9 nitrogen and oxygen atoms in total. The summed E-state index contributed by atoms with van der Waals surface area (Å²) in [6, 6.07) is 8.79. The largest absolute Gasteiger partial charge is 0.367 e. The maximum absolute atomic E-state index is 13.6. The van der Waals surface area contributed by atoms with Crippen molar-refractivity contribution in [2.75, 3.05) is 18.4 Å². The SMILES string of the molecule is C[C@@H](Nc1cc(C(=O)N2CCC(NC(=O)c3ccccc3Cl)CC2)nc(-c2cnn3ccsc23)n1)C(C)(C)C. The molecule has 0 unspecified atom stereocenters. The molecular weight excluding hydrogens is 534 g/mol. The third-order valence-corrected chi connectivity index (χ3v) is 8.43. The summed E-state index contributed by atoms with van der Waals surface area (Å²) in [6.45, 7) is 9.58. The van der Waals surface area contributed by atoms with Gasteiger partial charge in [-0.05, 0) is 37.3 Å². The summed E-state index contributed by atoms with van der Waals surface area (Å²) in [5.41, 5.74) is 1.56. The average molecular weight is 566 g/mol. The van der Waals surface area contributed by atoms with Crippen molar-refractivity contribution in [3.8, 4) is 11.4 Å². The van der Waals surface area contributed by atoms with E-state index in [0.29, 0.717) is 53.9 Å². The molecule has 1 saturated heterocycles. The number of rotatable bonds is 6. The van der Waals surface area contributed by atoms with Crippen molar-refractivity contribution in [3.05, 3.63) is 64.4 Å². The number of benzene rings is 1. The number of fused-ring (bicyclic) bond motifs is 1. The Labute approximate surface area is 236 Å². The second-order valence-electron chi connectivity index (χ2n) is 10.9. The fraction of sp³-hybridized carbons (Fsp3) is 0.393. The standard InChI is InChI=1S/C28H32ClN7O2S/c1-17(28(2,3)4)31-23-15-22(33-24(34-23)20-16-30-36-13-14-39-27(20)36)26(38)35-11-9-18(10-12-35)32-25(37)19-7-5-6-8-21(19)29/h5-8,13-18H,9-12H2,1-4H3,(H,32,37)(H,31,33,34)/t17-/m1/s1. The number of piperidine rings is 1. The van der Waals surface area contributed by atoms with E-state index in [1.54, 1.807) is 57.3 Å². The van der Waals surface area contributed by atoms with E-state index in [2.05, 4.69) is 43.4 Å². The van der Waals surface area contributed by atoms with E-state index in [-0.39, 0.29) is 29.3 Å². The maximum atomic E-state index is 13.6. The second kappa shape index (κ2) is 10.9. The smallest absolute Gasteiger partial charge is 0.272 e. The first kappa shape index (κ1) is 27.1. The Balaban J connectivity index is 1.34. The fourth-order valence-electron chi connectivity index (χ4n) is 4.37. The van der Waals surface area contributed by atoms with Crippen molar-refractivity contribution in [2.45, 2.75) is 52.6 Å². The first-order valence-electron chi connectivity index (χ1n) is 13.0.